The first-order chi connectivity index (χ1) is 19.3. The smallest absolute Gasteiger partial charge is 0.310 e. The Morgan fingerprint density at radius 3 is 2.12 bits per heavy atom. The third-order valence-electron chi connectivity index (χ3n) is 6.35. The molecular weight excluding hydrogens is 532 g/mol. The zero-order chi connectivity index (χ0) is 28.6. The normalized spacial score (nSPS) is 10.7. The van der Waals surface area contributed by atoms with Gasteiger partial charge in [-0.3, -0.25) is 19.4 Å². The van der Waals surface area contributed by atoms with Gasteiger partial charge in [0.15, 0.2) is 11.5 Å². The van der Waals surface area contributed by atoms with E-state index in [4.69, 9.17) is 25.8 Å². The molecule has 3 aromatic carbocycles. The number of amides is 1. The molecule has 4 rings (SSSR count). The first-order valence-electron chi connectivity index (χ1n) is 12.7. The number of fused-ring (bicyclic) bond motifs is 1. The highest BCUT2D eigenvalue weighted by Crippen LogP contribution is 2.35. The molecule has 0 spiro atoms. The number of hydrogen-bond donors (Lipinski definition) is 1. The van der Waals surface area contributed by atoms with E-state index in [0.717, 1.165) is 5.56 Å². The maximum absolute atomic E-state index is 13.5. The van der Waals surface area contributed by atoms with E-state index in [1.807, 2.05) is 24.3 Å². The molecule has 40 heavy (non-hydrogen) atoms. The number of benzene rings is 3. The lowest BCUT2D eigenvalue weighted by molar-refractivity contribution is -0.142. The fourth-order valence-corrected chi connectivity index (χ4v) is 4.42. The highest BCUT2D eigenvalue weighted by Gasteiger charge is 2.21. The number of rotatable bonds is 11. The molecule has 0 saturated heterocycles. The molecule has 0 saturated carbocycles. The van der Waals surface area contributed by atoms with Gasteiger partial charge in [-0.1, -0.05) is 35.9 Å². The van der Waals surface area contributed by atoms with Crippen molar-refractivity contribution >= 4 is 40.0 Å². The van der Waals surface area contributed by atoms with Crippen LogP contribution in [0.1, 0.15) is 44.5 Å². The number of methoxy groups -OCH3 is 2. The van der Waals surface area contributed by atoms with Crippen molar-refractivity contribution in [1.29, 1.82) is 0 Å². The summed E-state index contributed by atoms with van der Waals surface area (Å²) in [5.41, 5.74) is 2.63. The van der Waals surface area contributed by atoms with Crippen molar-refractivity contribution in [3.8, 4) is 11.5 Å². The SMILES string of the molecule is CCOC(=O)Cc1cnc(C(=O)c2ccc(C(=O)NCCc3ccc(Cl)cc3)cc2)c2cc(OC)c(OC)cc12. The summed E-state index contributed by atoms with van der Waals surface area (Å²) in [6, 6.07) is 17.2. The Hall–Kier alpha value is -4.43. The molecule has 0 radical (unpaired) electrons. The predicted molar refractivity (Wildman–Crippen MR) is 153 cm³/mol. The van der Waals surface area contributed by atoms with Crippen LogP contribution in [0.2, 0.25) is 5.02 Å². The minimum atomic E-state index is -0.401. The average molecular weight is 561 g/mol. The first-order valence-corrected chi connectivity index (χ1v) is 13.1. The second-order valence-electron chi connectivity index (χ2n) is 8.91. The Bertz CT molecular complexity index is 1530. The Kier molecular flexibility index (Phi) is 9.35. The van der Waals surface area contributed by atoms with Crippen molar-refractivity contribution in [1.82, 2.24) is 10.3 Å². The van der Waals surface area contributed by atoms with Crippen molar-refractivity contribution in [3.05, 3.63) is 99.8 Å². The summed E-state index contributed by atoms with van der Waals surface area (Å²) in [5, 5.41) is 4.69. The van der Waals surface area contributed by atoms with Gasteiger partial charge in [-0.15, -0.1) is 0 Å². The molecule has 9 heteroatoms. The lowest BCUT2D eigenvalue weighted by atomic mass is 9.97. The fourth-order valence-electron chi connectivity index (χ4n) is 4.29. The van der Waals surface area contributed by atoms with Crippen LogP contribution >= 0.6 is 11.6 Å². The summed E-state index contributed by atoms with van der Waals surface area (Å²) < 4.78 is 16.0. The number of carbonyl (C=O) groups excluding carboxylic acids is 3. The van der Waals surface area contributed by atoms with Crippen LogP contribution in [0.3, 0.4) is 0 Å². The minimum absolute atomic E-state index is 0.0108. The van der Waals surface area contributed by atoms with E-state index in [1.165, 1.54) is 20.4 Å². The van der Waals surface area contributed by atoms with Crippen molar-refractivity contribution in [2.45, 2.75) is 19.8 Å². The Labute approximate surface area is 237 Å². The van der Waals surface area contributed by atoms with E-state index >= 15 is 0 Å². The van der Waals surface area contributed by atoms with Crippen LogP contribution in [-0.2, 0) is 22.4 Å². The van der Waals surface area contributed by atoms with Gasteiger partial charge in [-0.05, 0) is 66.3 Å². The van der Waals surface area contributed by atoms with E-state index in [-0.39, 0.29) is 30.4 Å². The molecule has 1 heterocycles. The van der Waals surface area contributed by atoms with Gasteiger partial charge in [0.2, 0.25) is 5.78 Å². The van der Waals surface area contributed by atoms with Crippen LogP contribution in [0.4, 0.5) is 0 Å². The lowest BCUT2D eigenvalue weighted by Crippen LogP contribution is -2.25. The maximum atomic E-state index is 13.5. The standard InChI is InChI=1S/C31H29ClN2O6/c1-4-40-28(35)15-22-18-34-29(25-17-27(39-3)26(38-2)16-24(22)25)30(36)20-7-9-21(10-8-20)31(37)33-14-13-19-5-11-23(32)12-6-19/h5-12,16-18H,4,13-15H2,1-3H3,(H,33,37). The van der Waals surface area contributed by atoms with E-state index in [9.17, 15) is 14.4 Å². The number of halogens is 1. The molecular formula is C31H29ClN2O6. The van der Waals surface area contributed by atoms with E-state index in [1.54, 1.807) is 43.3 Å². The molecule has 206 valence electrons. The van der Waals surface area contributed by atoms with Crippen LogP contribution < -0.4 is 14.8 Å². The number of ketones is 1. The molecule has 1 amide bonds. The number of nitrogens with one attached hydrogen (secondary N) is 1. The maximum Gasteiger partial charge on any atom is 0.310 e. The van der Waals surface area contributed by atoms with Gasteiger partial charge >= 0.3 is 5.97 Å². The molecule has 0 bridgehead atoms. The summed E-state index contributed by atoms with van der Waals surface area (Å²) in [7, 11) is 3.01. The predicted octanol–water partition coefficient (Wildman–Crippen LogP) is 5.21. The van der Waals surface area contributed by atoms with Crippen molar-refractivity contribution < 1.29 is 28.6 Å². The molecule has 0 atom stereocenters. The fraction of sp³-hybridized carbons (Fsp3) is 0.226. The number of hydrogen-bond acceptors (Lipinski definition) is 7. The van der Waals surface area contributed by atoms with Crippen molar-refractivity contribution in [3.63, 3.8) is 0 Å². The second-order valence-corrected chi connectivity index (χ2v) is 9.34. The van der Waals surface area contributed by atoms with Crippen LogP contribution in [0.15, 0.2) is 66.9 Å². The number of esters is 1. The van der Waals surface area contributed by atoms with E-state index in [0.29, 0.717) is 57.0 Å². The quantitative estimate of drug-likeness (QED) is 0.198. The summed E-state index contributed by atoms with van der Waals surface area (Å²) in [6.45, 7) is 2.45. The molecule has 0 aliphatic rings. The number of aromatic nitrogens is 1. The third-order valence-corrected chi connectivity index (χ3v) is 6.60. The van der Waals surface area contributed by atoms with E-state index in [2.05, 4.69) is 10.3 Å². The highest BCUT2D eigenvalue weighted by molar-refractivity contribution is 6.30. The van der Waals surface area contributed by atoms with Gasteiger partial charge in [0.25, 0.3) is 5.91 Å². The zero-order valence-corrected chi connectivity index (χ0v) is 23.2. The summed E-state index contributed by atoms with van der Waals surface area (Å²) in [4.78, 5) is 42.8. The topological polar surface area (TPSA) is 104 Å². The third kappa shape index (κ3) is 6.58. The van der Waals surface area contributed by atoms with Gasteiger partial charge in [0.05, 0.1) is 27.2 Å². The molecule has 0 aliphatic heterocycles. The Balaban J connectivity index is 1.56. The Morgan fingerprint density at radius 1 is 0.875 bits per heavy atom. The zero-order valence-electron chi connectivity index (χ0n) is 22.5. The van der Waals surface area contributed by atoms with Crippen LogP contribution in [-0.4, -0.2) is 50.0 Å². The molecule has 8 nitrogen and oxygen atoms in total. The number of nitrogens with zero attached hydrogens (tertiary/aromatic N) is 1. The Morgan fingerprint density at radius 2 is 1.50 bits per heavy atom. The molecule has 0 aliphatic carbocycles. The molecule has 0 fully saturated rings. The van der Waals surface area contributed by atoms with Gasteiger partial charge in [-0.2, -0.15) is 0 Å². The number of pyridine rings is 1. The van der Waals surface area contributed by atoms with Crippen molar-refractivity contribution in [2.75, 3.05) is 27.4 Å². The molecule has 0 unspecified atom stereocenters. The summed E-state index contributed by atoms with van der Waals surface area (Å²) in [5.74, 6) is -0.103. The van der Waals surface area contributed by atoms with Gasteiger partial charge in [-0.25, -0.2) is 0 Å². The minimum Gasteiger partial charge on any atom is -0.493 e. The average Bonchev–Trinajstić information content (AvgIpc) is 2.97. The second kappa shape index (κ2) is 13.1. The monoisotopic (exact) mass is 560 g/mol. The largest absolute Gasteiger partial charge is 0.493 e. The summed E-state index contributed by atoms with van der Waals surface area (Å²) in [6.07, 6.45) is 2.16. The van der Waals surface area contributed by atoms with Gasteiger partial charge < -0.3 is 19.5 Å². The van der Waals surface area contributed by atoms with Crippen LogP contribution in [0.5, 0.6) is 11.5 Å². The van der Waals surface area contributed by atoms with E-state index < -0.39 is 5.97 Å². The van der Waals surface area contributed by atoms with Crippen LogP contribution in [0, 0.1) is 0 Å². The van der Waals surface area contributed by atoms with Gasteiger partial charge in [0, 0.05) is 34.3 Å². The number of ether oxygens (including phenoxy) is 3. The first kappa shape index (κ1) is 28.6. The molecule has 1 aromatic heterocycles. The molecule has 4 aromatic rings. The van der Waals surface area contributed by atoms with Crippen LogP contribution in [0.25, 0.3) is 10.8 Å². The lowest BCUT2D eigenvalue weighted by Gasteiger charge is -2.14. The van der Waals surface area contributed by atoms with Gasteiger partial charge in [0.1, 0.15) is 5.69 Å². The number of carbonyl (C=O) groups is 3. The molecule has 1 N–H and O–H groups in total. The van der Waals surface area contributed by atoms with Crippen molar-refractivity contribution in [2.24, 2.45) is 0 Å². The highest BCUT2D eigenvalue weighted by atomic mass is 35.5. The summed E-state index contributed by atoms with van der Waals surface area (Å²) >= 11 is 5.92.